The fraction of sp³-hybridized carbons (Fsp3) is 0. The first-order valence-corrected chi connectivity index (χ1v) is 2.42. The molecule has 0 atom stereocenters. The van der Waals surface area contributed by atoms with Crippen LogP contribution >= 0.6 is 0 Å². The number of hydrogen-bond acceptors (Lipinski definition) is 3. The summed E-state index contributed by atoms with van der Waals surface area (Å²) in [6, 6.07) is 1.41. The lowest BCUT2D eigenvalue weighted by Crippen LogP contribution is -2.09. The Labute approximate surface area is 51.6 Å². The second kappa shape index (κ2) is 1.81. The van der Waals surface area contributed by atoms with Crippen molar-refractivity contribution in [2.75, 3.05) is 5.73 Å². The first-order chi connectivity index (χ1) is 4.20. The van der Waals surface area contributed by atoms with Gasteiger partial charge in [-0.2, -0.15) is 4.73 Å². The van der Waals surface area contributed by atoms with Crippen LogP contribution in [-0.4, -0.2) is 9.94 Å². The average Bonchev–Trinajstić information content (AvgIpc) is 1.80. The van der Waals surface area contributed by atoms with Crippen molar-refractivity contribution < 1.29 is 5.21 Å². The predicted octanol–water partition coefficient (Wildman–Crippen LogP) is -0.213. The summed E-state index contributed by atoms with van der Waals surface area (Å²) in [4.78, 5) is 0. The molecule has 0 spiro atoms. The summed E-state index contributed by atoms with van der Waals surface area (Å²) < 4.78 is 0.813. The van der Waals surface area contributed by atoms with Crippen molar-refractivity contribution >= 4 is 5.69 Å². The zero-order valence-corrected chi connectivity index (χ0v) is 4.70. The maximum absolute atomic E-state index is 8.69. The SMILES string of the molecule is N=c1ccn(O)cc1N. The Hall–Kier alpha value is -1.45. The third-order valence-electron chi connectivity index (χ3n) is 0.976. The molecular weight excluding hydrogens is 118 g/mol. The van der Waals surface area contributed by atoms with Crippen LogP contribution in [0.5, 0.6) is 0 Å². The topological polar surface area (TPSA) is 75.0 Å². The summed E-state index contributed by atoms with van der Waals surface area (Å²) >= 11 is 0. The van der Waals surface area contributed by atoms with E-state index in [4.69, 9.17) is 16.4 Å². The Kier molecular flexibility index (Phi) is 1.14. The van der Waals surface area contributed by atoms with Gasteiger partial charge in [0.05, 0.1) is 17.2 Å². The summed E-state index contributed by atoms with van der Waals surface area (Å²) in [5.41, 5.74) is 5.52. The van der Waals surface area contributed by atoms with Crippen LogP contribution in [0.4, 0.5) is 5.69 Å². The van der Waals surface area contributed by atoms with E-state index in [9.17, 15) is 0 Å². The van der Waals surface area contributed by atoms with Gasteiger partial charge in [0.1, 0.15) is 0 Å². The molecule has 1 heterocycles. The quantitative estimate of drug-likeness (QED) is 0.419. The largest absolute Gasteiger partial charge is 0.429 e. The number of anilines is 1. The predicted molar refractivity (Wildman–Crippen MR) is 31.9 cm³/mol. The summed E-state index contributed by atoms with van der Waals surface area (Å²) in [7, 11) is 0. The van der Waals surface area contributed by atoms with Crippen molar-refractivity contribution in [3.05, 3.63) is 23.8 Å². The van der Waals surface area contributed by atoms with Crippen molar-refractivity contribution in [1.82, 2.24) is 4.73 Å². The Bertz CT molecular complexity index is 265. The number of nitrogens with two attached hydrogens (primary N) is 1. The lowest BCUT2D eigenvalue weighted by molar-refractivity contribution is 0.184. The summed E-state index contributed by atoms with van der Waals surface area (Å²) in [5, 5.41) is 16.0. The van der Waals surface area contributed by atoms with Crippen LogP contribution < -0.4 is 11.1 Å². The van der Waals surface area contributed by atoms with Gasteiger partial charge in [-0.1, -0.05) is 0 Å². The summed E-state index contributed by atoms with van der Waals surface area (Å²) in [5.74, 6) is 0. The van der Waals surface area contributed by atoms with Crippen LogP contribution in [0, 0.1) is 5.41 Å². The first kappa shape index (κ1) is 5.68. The zero-order valence-electron chi connectivity index (χ0n) is 4.70. The van der Waals surface area contributed by atoms with Gasteiger partial charge >= 0.3 is 0 Å². The number of nitrogen functional groups attached to an aromatic ring is 1. The molecule has 1 aromatic heterocycles. The van der Waals surface area contributed by atoms with Gasteiger partial charge in [-0.05, 0) is 6.07 Å². The number of nitrogens with one attached hydrogen (secondary N) is 1. The molecule has 0 bridgehead atoms. The standard InChI is InChI=1S/C5H7N3O/c6-4-1-2-8(9)3-5(4)7/h1-3,6,9H,7H2. The molecule has 0 saturated carbocycles. The lowest BCUT2D eigenvalue weighted by Gasteiger charge is -1.95. The van der Waals surface area contributed by atoms with Crippen LogP contribution in [0.1, 0.15) is 0 Å². The van der Waals surface area contributed by atoms with Crippen molar-refractivity contribution in [2.24, 2.45) is 0 Å². The van der Waals surface area contributed by atoms with Crippen LogP contribution in [0.15, 0.2) is 18.5 Å². The van der Waals surface area contributed by atoms with Gasteiger partial charge in [-0.15, -0.1) is 0 Å². The summed E-state index contributed by atoms with van der Waals surface area (Å²) in [6.07, 6.45) is 2.61. The highest BCUT2D eigenvalue weighted by Gasteiger charge is 1.86. The number of pyridine rings is 1. The lowest BCUT2D eigenvalue weighted by atomic mass is 10.4. The fourth-order valence-electron chi connectivity index (χ4n) is 0.502. The molecule has 9 heavy (non-hydrogen) atoms. The van der Waals surface area contributed by atoms with Crippen molar-refractivity contribution in [3.63, 3.8) is 0 Å². The average molecular weight is 125 g/mol. The van der Waals surface area contributed by atoms with Crippen molar-refractivity contribution in [3.8, 4) is 0 Å². The van der Waals surface area contributed by atoms with Crippen LogP contribution in [0.25, 0.3) is 0 Å². The maximum Gasteiger partial charge on any atom is 0.0801 e. The molecule has 0 radical (unpaired) electrons. The smallest absolute Gasteiger partial charge is 0.0801 e. The van der Waals surface area contributed by atoms with E-state index in [1.54, 1.807) is 0 Å². The van der Waals surface area contributed by atoms with Gasteiger partial charge in [-0.3, -0.25) is 5.41 Å². The minimum Gasteiger partial charge on any atom is -0.429 e. The number of aromatic nitrogens is 1. The van der Waals surface area contributed by atoms with Crippen LogP contribution in [0.3, 0.4) is 0 Å². The number of hydrogen-bond donors (Lipinski definition) is 3. The second-order valence-electron chi connectivity index (χ2n) is 1.69. The highest BCUT2D eigenvalue weighted by atomic mass is 16.5. The first-order valence-electron chi connectivity index (χ1n) is 2.42. The highest BCUT2D eigenvalue weighted by molar-refractivity contribution is 5.31. The van der Waals surface area contributed by atoms with Gasteiger partial charge in [-0.25, -0.2) is 0 Å². The van der Waals surface area contributed by atoms with E-state index in [0.29, 0.717) is 0 Å². The Morgan fingerprint density at radius 1 is 1.67 bits per heavy atom. The molecule has 4 N–H and O–H groups in total. The van der Waals surface area contributed by atoms with Crippen LogP contribution in [0.2, 0.25) is 0 Å². The minimum absolute atomic E-state index is 0.223. The molecule has 4 heteroatoms. The van der Waals surface area contributed by atoms with E-state index in [-0.39, 0.29) is 11.0 Å². The molecular formula is C5H7N3O. The second-order valence-corrected chi connectivity index (χ2v) is 1.69. The van der Waals surface area contributed by atoms with Gasteiger partial charge in [0.2, 0.25) is 0 Å². The van der Waals surface area contributed by atoms with Crippen molar-refractivity contribution in [1.29, 1.82) is 5.41 Å². The Morgan fingerprint density at radius 3 is 2.78 bits per heavy atom. The monoisotopic (exact) mass is 125 g/mol. The molecule has 0 fully saturated rings. The van der Waals surface area contributed by atoms with E-state index in [2.05, 4.69) is 0 Å². The van der Waals surface area contributed by atoms with Gasteiger partial charge < -0.3 is 10.9 Å². The maximum atomic E-state index is 8.69. The Morgan fingerprint density at radius 2 is 2.33 bits per heavy atom. The number of rotatable bonds is 0. The Balaban J connectivity index is 3.34. The highest BCUT2D eigenvalue weighted by Crippen LogP contribution is 1.87. The molecule has 1 rings (SSSR count). The third kappa shape index (κ3) is 1.02. The third-order valence-corrected chi connectivity index (χ3v) is 0.976. The molecule has 0 aliphatic carbocycles. The summed E-state index contributed by atoms with van der Waals surface area (Å²) in [6.45, 7) is 0. The number of nitrogens with zero attached hydrogens (tertiary/aromatic N) is 1. The van der Waals surface area contributed by atoms with E-state index in [0.717, 1.165) is 4.73 Å². The van der Waals surface area contributed by atoms with Crippen molar-refractivity contribution in [2.45, 2.75) is 0 Å². The molecule has 48 valence electrons. The van der Waals surface area contributed by atoms with E-state index in [1.165, 1.54) is 18.5 Å². The van der Waals surface area contributed by atoms with E-state index >= 15 is 0 Å². The molecule has 4 nitrogen and oxygen atoms in total. The zero-order chi connectivity index (χ0) is 6.85. The van der Waals surface area contributed by atoms with Gasteiger partial charge in [0.25, 0.3) is 0 Å². The minimum atomic E-state index is 0.223. The van der Waals surface area contributed by atoms with Gasteiger partial charge in [0, 0.05) is 6.20 Å². The molecule has 0 aliphatic rings. The van der Waals surface area contributed by atoms with E-state index in [1.807, 2.05) is 0 Å². The molecule has 1 aromatic rings. The van der Waals surface area contributed by atoms with Gasteiger partial charge in [0.15, 0.2) is 0 Å². The van der Waals surface area contributed by atoms with Crippen LogP contribution in [-0.2, 0) is 0 Å². The molecule has 0 aromatic carbocycles. The molecule has 0 unspecified atom stereocenters. The van der Waals surface area contributed by atoms with E-state index < -0.39 is 0 Å². The molecule has 0 amide bonds. The normalized spacial score (nSPS) is 9.33. The fourth-order valence-corrected chi connectivity index (χ4v) is 0.502. The molecule has 0 aliphatic heterocycles. The molecule has 0 saturated heterocycles.